The van der Waals surface area contributed by atoms with E-state index in [1.807, 2.05) is 82.3 Å². The minimum absolute atomic E-state index is 0.0854. The fourth-order valence-corrected chi connectivity index (χ4v) is 5.21. The molecule has 0 spiro atoms. The summed E-state index contributed by atoms with van der Waals surface area (Å²) in [5.74, 6) is 1.69. The minimum atomic E-state index is -0.657. The van der Waals surface area contributed by atoms with Gasteiger partial charge in [0.2, 0.25) is 5.76 Å². The zero-order valence-electron chi connectivity index (χ0n) is 23.0. The summed E-state index contributed by atoms with van der Waals surface area (Å²) in [7, 11) is 1.61. The van der Waals surface area contributed by atoms with E-state index in [-0.39, 0.29) is 23.6 Å². The molecule has 0 saturated heterocycles. The van der Waals surface area contributed by atoms with E-state index in [4.69, 9.17) is 18.6 Å². The second-order valence-corrected chi connectivity index (χ2v) is 9.80. The minimum Gasteiger partial charge on any atom is -0.497 e. The molecule has 3 aromatic carbocycles. The summed E-state index contributed by atoms with van der Waals surface area (Å²) in [6, 6.07) is 16.3. The molecule has 1 aliphatic heterocycles. The first-order valence-electron chi connectivity index (χ1n) is 13.3. The van der Waals surface area contributed by atoms with E-state index in [1.165, 1.54) is 0 Å². The van der Waals surface area contributed by atoms with Gasteiger partial charge in [0.25, 0.3) is 5.91 Å². The summed E-state index contributed by atoms with van der Waals surface area (Å²) in [4.78, 5) is 29.6. The third kappa shape index (κ3) is 4.85. The lowest BCUT2D eigenvalue weighted by molar-refractivity contribution is 0.0714. The van der Waals surface area contributed by atoms with Crippen LogP contribution in [0.15, 0.2) is 63.8 Å². The summed E-state index contributed by atoms with van der Waals surface area (Å²) < 4.78 is 23.3. The summed E-state index contributed by atoms with van der Waals surface area (Å²) in [6.07, 6.45) is 0.862. The fourth-order valence-electron chi connectivity index (χ4n) is 5.21. The Kier molecular flexibility index (Phi) is 7.33. The van der Waals surface area contributed by atoms with Crippen molar-refractivity contribution in [1.82, 2.24) is 4.90 Å². The average Bonchev–Trinajstić information content (AvgIpc) is 3.20. The third-order valence-corrected chi connectivity index (χ3v) is 6.95. The molecule has 4 aromatic rings. The number of hydrogen-bond donors (Lipinski definition) is 0. The van der Waals surface area contributed by atoms with Gasteiger partial charge >= 0.3 is 0 Å². The lowest BCUT2D eigenvalue weighted by Gasteiger charge is -2.26. The highest BCUT2D eigenvalue weighted by Gasteiger charge is 2.43. The van der Waals surface area contributed by atoms with E-state index in [2.05, 4.69) is 0 Å². The Morgan fingerprint density at radius 3 is 2.38 bits per heavy atom. The number of amides is 1. The molecule has 7 heteroatoms. The molecule has 7 nitrogen and oxygen atoms in total. The smallest absolute Gasteiger partial charge is 0.291 e. The number of fused-ring (bicyclic) bond motifs is 2. The van der Waals surface area contributed by atoms with E-state index in [1.54, 1.807) is 12.0 Å². The molecule has 0 N–H and O–H groups in total. The zero-order valence-corrected chi connectivity index (χ0v) is 23.0. The fraction of sp³-hybridized carbons (Fsp3) is 0.312. The molecule has 202 valence electrons. The highest BCUT2D eigenvalue weighted by Crippen LogP contribution is 2.42. The van der Waals surface area contributed by atoms with Crippen LogP contribution in [0.25, 0.3) is 11.0 Å². The molecule has 1 unspecified atom stereocenters. The Balaban J connectivity index is 1.69. The number of hydrogen-bond acceptors (Lipinski definition) is 6. The normalized spacial score (nSPS) is 14.5. The van der Waals surface area contributed by atoms with Crippen molar-refractivity contribution in [2.24, 2.45) is 0 Å². The van der Waals surface area contributed by atoms with Gasteiger partial charge in [-0.05, 0) is 79.8 Å². The molecule has 1 aliphatic rings. The van der Waals surface area contributed by atoms with Gasteiger partial charge in [-0.25, -0.2) is 0 Å². The van der Waals surface area contributed by atoms with Gasteiger partial charge in [0.15, 0.2) is 16.9 Å². The highest BCUT2D eigenvalue weighted by molar-refractivity contribution is 5.99. The Morgan fingerprint density at radius 1 is 0.923 bits per heavy atom. The van der Waals surface area contributed by atoms with E-state index >= 15 is 0 Å². The van der Waals surface area contributed by atoms with Gasteiger partial charge < -0.3 is 23.5 Å². The third-order valence-electron chi connectivity index (χ3n) is 6.95. The average molecular weight is 528 g/mol. The summed E-state index contributed by atoms with van der Waals surface area (Å²) >= 11 is 0. The van der Waals surface area contributed by atoms with Crippen LogP contribution in [-0.4, -0.2) is 31.1 Å². The standard InChI is InChI=1S/C32H33NO6/c1-6-14-38-25-13-10-22(17-26(25)37-7-2)28-27-29(34)24-16-19(3)15-20(4)30(24)39-31(27)32(35)33(28)18-21-8-11-23(36-5)12-9-21/h8-13,15-17,28H,6-7,14,18H2,1-5H3. The monoisotopic (exact) mass is 527 g/mol. The molecule has 1 aromatic heterocycles. The van der Waals surface area contributed by atoms with Crippen molar-refractivity contribution in [1.29, 1.82) is 0 Å². The van der Waals surface area contributed by atoms with Gasteiger partial charge in [0.1, 0.15) is 11.3 Å². The summed E-state index contributed by atoms with van der Waals surface area (Å²) in [5.41, 5.74) is 4.02. The molecule has 0 fully saturated rings. The second kappa shape index (κ2) is 10.8. The molecule has 0 bridgehead atoms. The number of rotatable bonds is 9. The summed E-state index contributed by atoms with van der Waals surface area (Å²) in [6.45, 7) is 9.08. The van der Waals surface area contributed by atoms with Crippen molar-refractivity contribution in [3.8, 4) is 17.2 Å². The van der Waals surface area contributed by atoms with Gasteiger partial charge in [0, 0.05) is 6.54 Å². The molecule has 39 heavy (non-hydrogen) atoms. The Bertz CT molecular complexity index is 1590. The van der Waals surface area contributed by atoms with Gasteiger partial charge in [-0.1, -0.05) is 31.2 Å². The first kappa shape index (κ1) is 26.4. The van der Waals surface area contributed by atoms with Crippen molar-refractivity contribution in [2.45, 2.75) is 46.7 Å². The number of carbonyl (C=O) groups is 1. The van der Waals surface area contributed by atoms with Crippen LogP contribution in [0.5, 0.6) is 17.2 Å². The first-order valence-corrected chi connectivity index (χ1v) is 13.3. The molecular weight excluding hydrogens is 494 g/mol. The quantitative estimate of drug-likeness (QED) is 0.252. The Hall–Kier alpha value is -4.26. The van der Waals surface area contributed by atoms with Crippen LogP contribution in [-0.2, 0) is 6.54 Å². The predicted molar refractivity (Wildman–Crippen MR) is 150 cm³/mol. The van der Waals surface area contributed by atoms with E-state index < -0.39 is 6.04 Å². The highest BCUT2D eigenvalue weighted by atomic mass is 16.5. The predicted octanol–water partition coefficient (Wildman–Crippen LogP) is 6.35. The number of nitrogens with zero attached hydrogens (tertiary/aromatic N) is 1. The van der Waals surface area contributed by atoms with Crippen LogP contribution in [0.2, 0.25) is 0 Å². The molecule has 0 aliphatic carbocycles. The molecule has 0 saturated carbocycles. The van der Waals surface area contributed by atoms with Crippen LogP contribution in [0.1, 0.15) is 64.7 Å². The number of methoxy groups -OCH3 is 1. The molecule has 0 radical (unpaired) electrons. The Labute approximate surface area is 227 Å². The van der Waals surface area contributed by atoms with E-state index in [0.29, 0.717) is 41.2 Å². The van der Waals surface area contributed by atoms with Crippen molar-refractivity contribution in [3.05, 3.63) is 98.4 Å². The van der Waals surface area contributed by atoms with Crippen LogP contribution in [0.3, 0.4) is 0 Å². The molecule has 1 amide bonds. The SMILES string of the molecule is CCCOc1ccc(C2c3c(oc4c(C)cc(C)cc4c3=O)C(=O)N2Cc2ccc(OC)cc2)cc1OCC. The van der Waals surface area contributed by atoms with Gasteiger partial charge in [-0.3, -0.25) is 9.59 Å². The van der Waals surface area contributed by atoms with E-state index in [0.717, 1.165) is 34.4 Å². The van der Waals surface area contributed by atoms with Crippen molar-refractivity contribution >= 4 is 16.9 Å². The topological polar surface area (TPSA) is 78.2 Å². The van der Waals surface area contributed by atoms with Gasteiger partial charge in [-0.15, -0.1) is 0 Å². The van der Waals surface area contributed by atoms with Crippen LogP contribution >= 0.6 is 0 Å². The molecule has 2 heterocycles. The number of carbonyl (C=O) groups excluding carboxylic acids is 1. The number of ether oxygens (including phenoxy) is 3. The van der Waals surface area contributed by atoms with Crippen LogP contribution in [0.4, 0.5) is 0 Å². The molecule has 1 atom stereocenters. The molecular formula is C32H33NO6. The van der Waals surface area contributed by atoms with Crippen molar-refractivity contribution in [3.63, 3.8) is 0 Å². The maximum atomic E-state index is 14.0. The second-order valence-electron chi connectivity index (χ2n) is 9.80. The largest absolute Gasteiger partial charge is 0.497 e. The van der Waals surface area contributed by atoms with E-state index in [9.17, 15) is 9.59 Å². The zero-order chi connectivity index (χ0) is 27.7. The van der Waals surface area contributed by atoms with Crippen LogP contribution in [0, 0.1) is 13.8 Å². The lowest BCUT2D eigenvalue weighted by Crippen LogP contribution is -2.29. The maximum Gasteiger partial charge on any atom is 0.291 e. The first-order chi connectivity index (χ1) is 18.9. The maximum absolute atomic E-state index is 14.0. The van der Waals surface area contributed by atoms with Crippen molar-refractivity contribution < 1.29 is 23.4 Å². The lowest BCUT2D eigenvalue weighted by atomic mass is 9.96. The van der Waals surface area contributed by atoms with Gasteiger partial charge in [-0.2, -0.15) is 0 Å². The molecule has 5 rings (SSSR count). The number of aryl methyl sites for hydroxylation is 2. The Morgan fingerprint density at radius 2 is 1.69 bits per heavy atom. The number of benzene rings is 3. The van der Waals surface area contributed by atoms with Gasteiger partial charge in [0.05, 0.1) is 37.3 Å². The van der Waals surface area contributed by atoms with Crippen LogP contribution < -0.4 is 19.6 Å². The van der Waals surface area contributed by atoms with Crippen molar-refractivity contribution in [2.75, 3.05) is 20.3 Å². The summed E-state index contributed by atoms with van der Waals surface area (Å²) in [5, 5.41) is 0.475.